The number of benzene rings is 1. The van der Waals surface area contributed by atoms with Gasteiger partial charge in [0.1, 0.15) is 23.5 Å². The zero-order valence-electron chi connectivity index (χ0n) is 16.8. The molecule has 0 spiro atoms. The molecule has 7 nitrogen and oxygen atoms in total. The van der Waals surface area contributed by atoms with Gasteiger partial charge in [0.2, 0.25) is 0 Å². The number of nitrogens with zero attached hydrogens (tertiary/aromatic N) is 4. The summed E-state index contributed by atoms with van der Waals surface area (Å²) in [5.74, 6) is 1.01. The average molecular weight is 396 g/mol. The highest BCUT2D eigenvalue weighted by molar-refractivity contribution is 5.73. The zero-order chi connectivity index (χ0) is 20.5. The molecule has 2 N–H and O–H groups in total. The fraction of sp³-hybridized carbons (Fsp3) is 0.333. The van der Waals surface area contributed by atoms with Gasteiger partial charge in [-0.1, -0.05) is 6.58 Å². The van der Waals surface area contributed by atoms with Crippen LogP contribution in [-0.4, -0.2) is 52.8 Å². The van der Waals surface area contributed by atoms with Gasteiger partial charge in [-0.15, -0.1) is 0 Å². The Morgan fingerprint density at radius 2 is 2.17 bits per heavy atom. The van der Waals surface area contributed by atoms with E-state index in [1.165, 1.54) is 12.1 Å². The molecule has 2 aromatic heterocycles. The second-order valence-corrected chi connectivity index (χ2v) is 7.55. The van der Waals surface area contributed by atoms with Crippen molar-refractivity contribution in [2.45, 2.75) is 19.1 Å². The zero-order valence-corrected chi connectivity index (χ0v) is 16.8. The molecule has 0 amide bonds. The van der Waals surface area contributed by atoms with Gasteiger partial charge in [-0.25, -0.2) is 13.9 Å². The van der Waals surface area contributed by atoms with Crippen molar-refractivity contribution in [1.82, 2.24) is 24.8 Å². The predicted molar refractivity (Wildman–Crippen MR) is 111 cm³/mol. The molecule has 0 saturated carbocycles. The number of fused-ring (bicyclic) bond motifs is 2. The molecule has 2 bridgehead atoms. The lowest BCUT2D eigenvalue weighted by atomic mass is 10.1. The molecular formula is C21H25FN6O. The summed E-state index contributed by atoms with van der Waals surface area (Å²) in [6.07, 6.45) is 3.42. The third-order valence-corrected chi connectivity index (χ3v) is 4.90. The topological polar surface area (TPSA) is 66.7 Å². The summed E-state index contributed by atoms with van der Waals surface area (Å²) in [5, 5.41) is 11.1. The van der Waals surface area contributed by atoms with E-state index >= 15 is 0 Å². The number of ether oxygens (including phenoxy) is 1. The monoisotopic (exact) mass is 396 g/mol. The second-order valence-electron chi connectivity index (χ2n) is 7.55. The standard InChI is InChI=1S/C21H25FN6O/c1-13-18-11-24-28-8-7-20(26-21(18)28)25-14(2)17-9-15(22)5-6-19(17)29-16(10-23-13)12-27(3)4/h5-9,11,14,16,23H,1,10,12H2,2-4H3,(H,25,26)/t14-,16+/m1/s1. The SMILES string of the molecule is C=C1NC[C@@H](CN(C)C)Oc2ccc(F)cc2[C@@H](C)Nc2ccn3ncc1c3n2. The largest absolute Gasteiger partial charge is 0.487 e. The van der Waals surface area contributed by atoms with E-state index in [2.05, 4.69) is 32.2 Å². The molecule has 8 heteroatoms. The second kappa shape index (κ2) is 7.71. The van der Waals surface area contributed by atoms with Gasteiger partial charge in [-0.05, 0) is 45.3 Å². The van der Waals surface area contributed by atoms with Crippen molar-refractivity contribution < 1.29 is 9.13 Å². The first kappa shape index (κ1) is 19.2. The molecule has 1 aromatic carbocycles. The van der Waals surface area contributed by atoms with Crippen LogP contribution < -0.4 is 15.4 Å². The third kappa shape index (κ3) is 4.02. The molecule has 0 radical (unpaired) electrons. The first-order valence-corrected chi connectivity index (χ1v) is 9.55. The Kier molecular flexibility index (Phi) is 5.10. The van der Waals surface area contributed by atoms with Crippen LogP contribution in [0.4, 0.5) is 10.2 Å². The quantitative estimate of drug-likeness (QED) is 0.694. The number of aromatic nitrogens is 3. The Labute approximate surface area is 169 Å². The molecule has 3 heterocycles. The molecule has 4 rings (SSSR count). The number of halogens is 1. The molecule has 0 unspecified atom stereocenters. The van der Waals surface area contributed by atoms with Crippen molar-refractivity contribution in [2.75, 3.05) is 32.5 Å². The van der Waals surface area contributed by atoms with Crippen LogP contribution in [0.3, 0.4) is 0 Å². The maximum Gasteiger partial charge on any atom is 0.166 e. The first-order chi connectivity index (χ1) is 13.9. The van der Waals surface area contributed by atoms with Gasteiger partial charge in [0.05, 0.1) is 24.3 Å². The van der Waals surface area contributed by atoms with Crippen LogP contribution in [0.5, 0.6) is 5.75 Å². The van der Waals surface area contributed by atoms with Crippen molar-refractivity contribution in [2.24, 2.45) is 0 Å². The van der Waals surface area contributed by atoms with E-state index in [-0.39, 0.29) is 18.0 Å². The van der Waals surface area contributed by atoms with Crippen LogP contribution in [0.15, 0.2) is 43.2 Å². The molecule has 2 atom stereocenters. The number of nitrogens with one attached hydrogen (secondary N) is 2. The molecule has 3 aromatic rings. The van der Waals surface area contributed by atoms with Gasteiger partial charge in [0.15, 0.2) is 5.65 Å². The fourth-order valence-electron chi connectivity index (χ4n) is 3.49. The van der Waals surface area contributed by atoms with Gasteiger partial charge >= 0.3 is 0 Å². The van der Waals surface area contributed by atoms with E-state index in [4.69, 9.17) is 4.74 Å². The van der Waals surface area contributed by atoms with E-state index in [0.717, 1.165) is 16.8 Å². The molecule has 1 aliphatic rings. The summed E-state index contributed by atoms with van der Waals surface area (Å²) >= 11 is 0. The molecule has 1 aliphatic heterocycles. The van der Waals surface area contributed by atoms with E-state index in [0.29, 0.717) is 30.3 Å². The van der Waals surface area contributed by atoms with Gasteiger partial charge in [-0.3, -0.25) is 0 Å². The Morgan fingerprint density at radius 1 is 1.34 bits per heavy atom. The highest BCUT2D eigenvalue weighted by Gasteiger charge is 2.20. The van der Waals surface area contributed by atoms with Crippen LogP contribution >= 0.6 is 0 Å². The number of hydrogen-bond donors (Lipinski definition) is 2. The van der Waals surface area contributed by atoms with E-state index < -0.39 is 0 Å². The van der Waals surface area contributed by atoms with E-state index in [1.807, 2.05) is 33.3 Å². The minimum absolute atomic E-state index is 0.166. The Hall–Kier alpha value is -3.13. The minimum atomic E-state index is -0.303. The maximum absolute atomic E-state index is 14.0. The molecule has 152 valence electrons. The lowest BCUT2D eigenvalue weighted by Gasteiger charge is -2.26. The molecule has 29 heavy (non-hydrogen) atoms. The third-order valence-electron chi connectivity index (χ3n) is 4.90. The first-order valence-electron chi connectivity index (χ1n) is 9.55. The predicted octanol–water partition coefficient (Wildman–Crippen LogP) is 2.92. The normalized spacial score (nSPS) is 19.6. The van der Waals surface area contributed by atoms with Crippen molar-refractivity contribution in [3.8, 4) is 5.75 Å². The van der Waals surface area contributed by atoms with Crippen molar-refractivity contribution in [3.05, 3.63) is 60.2 Å². The maximum atomic E-state index is 14.0. The van der Waals surface area contributed by atoms with Crippen molar-refractivity contribution in [3.63, 3.8) is 0 Å². The smallest absolute Gasteiger partial charge is 0.166 e. The Morgan fingerprint density at radius 3 is 2.97 bits per heavy atom. The summed E-state index contributed by atoms with van der Waals surface area (Å²) in [5.41, 5.74) is 2.99. The van der Waals surface area contributed by atoms with Crippen LogP contribution in [0, 0.1) is 5.82 Å². The highest BCUT2D eigenvalue weighted by Crippen LogP contribution is 2.30. The fourth-order valence-corrected chi connectivity index (χ4v) is 3.49. The summed E-state index contributed by atoms with van der Waals surface area (Å²) in [4.78, 5) is 6.75. The molecular weight excluding hydrogens is 371 g/mol. The van der Waals surface area contributed by atoms with E-state index in [9.17, 15) is 4.39 Å². The van der Waals surface area contributed by atoms with Crippen LogP contribution in [-0.2, 0) is 0 Å². The molecule has 0 aliphatic carbocycles. The average Bonchev–Trinajstić information content (AvgIpc) is 3.09. The van der Waals surface area contributed by atoms with Crippen molar-refractivity contribution in [1.29, 1.82) is 0 Å². The van der Waals surface area contributed by atoms with Gasteiger partial charge in [-0.2, -0.15) is 5.10 Å². The molecule has 0 saturated heterocycles. The minimum Gasteiger partial charge on any atom is -0.487 e. The summed E-state index contributed by atoms with van der Waals surface area (Å²) in [7, 11) is 3.98. The van der Waals surface area contributed by atoms with E-state index in [1.54, 1.807) is 16.8 Å². The number of likely N-dealkylation sites (N-methyl/N-ethyl adjacent to an activating group) is 1. The Balaban J connectivity index is 1.79. The number of anilines is 1. The highest BCUT2D eigenvalue weighted by atomic mass is 19.1. The van der Waals surface area contributed by atoms with Crippen LogP contribution in [0.1, 0.15) is 24.1 Å². The number of hydrogen-bond acceptors (Lipinski definition) is 6. The van der Waals surface area contributed by atoms with Crippen molar-refractivity contribution >= 4 is 17.2 Å². The summed E-state index contributed by atoms with van der Waals surface area (Å²) in [6.45, 7) is 7.34. The summed E-state index contributed by atoms with van der Waals surface area (Å²) < 4.78 is 22.0. The van der Waals surface area contributed by atoms with Crippen LogP contribution in [0.2, 0.25) is 0 Å². The van der Waals surface area contributed by atoms with Crippen LogP contribution in [0.25, 0.3) is 11.3 Å². The lowest BCUT2D eigenvalue weighted by molar-refractivity contribution is 0.160. The lowest BCUT2D eigenvalue weighted by Crippen LogP contribution is -2.39. The molecule has 0 fully saturated rings. The van der Waals surface area contributed by atoms with Gasteiger partial charge < -0.3 is 20.3 Å². The summed E-state index contributed by atoms with van der Waals surface area (Å²) in [6, 6.07) is 6.24. The number of rotatable bonds is 2. The Bertz CT molecular complexity index is 1050. The van der Waals surface area contributed by atoms with Gasteiger partial charge in [0.25, 0.3) is 0 Å². The van der Waals surface area contributed by atoms with Gasteiger partial charge in [0, 0.05) is 24.0 Å².